The average Bonchev–Trinajstić information content (AvgIpc) is 2.43. The fourth-order valence-corrected chi connectivity index (χ4v) is 2.43. The highest BCUT2D eigenvalue weighted by Crippen LogP contribution is 2.36. The summed E-state index contributed by atoms with van der Waals surface area (Å²) in [5, 5.41) is 0.549. The zero-order valence-electron chi connectivity index (χ0n) is 8.57. The second-order valence-electron chi connectivity index (χ2n) is 4.12. The molecule has 0 aliphatic heterocycles. The van der Waals surface area contributed by atoms with Crippen LogP contribution in [-0.4, -0.2) is 14.4 Å². The van der Waals surface area contributed by atoms with E-state index < -0.39 is 0 Å². The molecule has 3 rings (SSSR count). The third kappa shape index (κ3) is 1.26. The minimum atomic E-state index is 0.549. The van der Waals surface area contributed by atoms with Gasteiger partial charge in [-0.25, -0.2) is 9.97 Å². The molecule has 1 saturated carbocycles. The van der Waals surface area contributed by atoms with Crippen LogP contribution in [0.1, 0.15) is 36.7 Å². The van der Waals surface area contributed by atoms with E-state index in [2.05, 4.69) is 14.4 Å². The fraction of sp³-hybridized carbons (Fsp3) is 0.455. The van der Waals surface area contributed by atoms with Crippen molar-refractivity contribution in [3.05, 3.63) is 29.1 Å². The van der Waals surface area contributed by atoms with Gasteiger partial charge in [-0.05, 0) is 19.8 Å². The Morgan fingerprint density at radius 1 is 1.47 bits per heavy atom. The molecule has 1 fully saturated rings. The van der Waals surface area contributed by atoms with E-state index >= 15 is 0 Å². The Morgan fingerprint density at radius 3 is 2.93 bits per heavy atom. The number of aromatic nitrogens is 3. The molecule has 0 aromatic carbocycles. The first-order valence-electron chi connectivity index (χ1n) is 5.26. The predicted octanol–water partition coefficient (Wildman–Crippen LogP) is 2.96. The van der Waals surface area contributed by atoms with Gasteiger partial charge in [-0.3, -0.25) is 4.40 Å². The van der Waals surface area contributed by atoms with Crippen LogP contribution < -0.4 is 0 Å². The molecule has 0 spiro atoms. The first kappa shape index (κ1) is 9.16. The van der Waals surface area contributed by atoms with Gasteiger partial charge in [-0.15, -0.1) is 0 Å². The molecule has 0 bridgehead atoms. The van der Waals surface area contributed by atoms with E-state index in [4.69, 9.17) is 11.6 Å². The maximum Gasteiger partial charge on any atom is 0.154 e. The fourth-order valence-electron chi connectivity index (χ4n) is 2.15. The summed E-state index contributed by atoms with van der Waals surface area (Å²) in [6, 6.07) is 0. The molecule has 0 unspecified atom stereocenters. The van der Waals surface area contributed by atoms with E-state index in [0.29, 0.717) is 11.1 Å². The smallest absolute Gasteiger partial charge is 0.154 e. The Bertz CT molecular complexity index is 514. The van der Waals surface area contributed by atoms with Gasteiger partial charge in [0.2, 0.25) is 0 Å². The Balaban J connectivity index is 2.27. The number of hydrogen-bond acceptors (Lipinski definition) is 2. The molecule has 1 aliphatic rings. The molecule has 0 N–H and O–H groups in total. The van der Waals surface area contributed by atoms with Crippen LogP contribution in [0, 0.1) is 6.92 Å². The maximum absolute atomic E-state index is 6.07. The molecule has 0 amide bonds. The van der Waals surface area contributed by atoms with Gasteiger partial charge in [0.1, 0.15) is 11.3 Å². The Morgan fingerprint density at radius 2 is 2.27 bits per heavy atom. The first-order valence-corrected chi connectivity index (χ1v) is 5.64. The lowest BCUT2D eigenvalue weighted by Crippen LogP contribution is -2.12. The van der Waals surface area contributed by atoms with Crippen LogP contribution in [0.2, 0.25) is 5.15 Å². The molecule has 15 heavy (non-hydrogen) atoms. The Hall–Kier alpha value is -1.09. The van der Waals surface area contributed by atoms with Gasteiger partial charge < -0.3 is 0 Å². The van der Waals surface area contributed by atoms with Crippen molar-refractivity contribution in [3.63, 3.8) is 0 Å². The van der Waals surface area contributed by atoms with E-state index in [-0.39, 0.29) is 0 Å². The van der Waals surface area contributed by atoms with E-state index in [1.807, 2.05) is 13.1 Å². The molecule has 78 valence electrons. The van der Waals surface area contributed by atoms with Gasteiger partial charge in [0.15, 0.2) is 5.15 Å². The van der Waals surface area contributed by atoms with Crippen molar-refractivity contribution in [1.29, 1.82) is 0 Å². The summed E-state index contributed by atoms with van der Waals surface area (Å²) in [7, 11) is 0. The number of aryl methyl sites for hydroxylation is 1. The summed E-state index contributed by atoms with van der Waals surface area (Å²) < 4.78 is 2.09. The highest BCUT2D eigenvalue weighted by Gasteiger charge is 2.25. The third-order valence-corrected chi connectivity index (χ3v) is 3.46. The second kappa shape index (κ2) is 3.20. The number of rotatable bonds is 1. The standard InChI is InChI=1S/C11H12ClN3/c1-7-9-10(12)13-5-6-15(9)11(14-7)8-3-2-4-8/h5-6,8H,2-4H2,1H3. The molecular formula is C11H12ClN3. The van der Waals surface area contributed by atoms with Crippen molar-refractivity contribution >= 4 is 17.1 Å². The van der Waals surface area contributed by atoms with E-state index in [1.165, 1.54) is 19.3 Å². The number of imidazole rings is 1. The zero-order chi connectivity index (χ0) is 10.4. The van der Waals surface area contributed by atoms with Crippen molar-refractivity contribution in [2.45, 2.75) is 32.1 Å². The van der Waals surface area contributed by atoms with E-state index in [0.717, 1.165) is 17.0 Å². The quantitative estimate of drug-likeness (QED) is 0.741. The largest absolute Gasteiger partial charge is 0.299 e. The predicted molar refractivity (Wildman–Crippen MR) is 59.3 cm³/mol. The molecular weight excluding hydrogens is 210 g/mol. The SMILES string of the molecule is Cc1nc(C2CCC2)n2ccnc(Cl)c12. The molecule has 3 nitrogen and oxygen atoms in total. The number of nitrogens with zero attached hydrogens (tertiary/aromatic N) is 3. The van der Waals surface area contributed by atoms with Crippen molar-refractivity contribution in [3.8, 4) is 0 Å². The number of fused-ring (bicyclic) bond motifs is 1. The molecule has 2 aromatic heterocycles. The topological polar surface area (TPSA) is 30.2 Å². The van der Waals surface area contributed by atoms with Crippen LogP contribution in [0.4, 0.5) is 0 Å². The molecule has 0 atom stereocenters. The summed E-state index contributed by atoms with van der Waals surface area (Å²) >= 11 is 6.07. The van der Waals surface area contributed by atoms with Crippen LogP contribution in [0.25, 0.3) is 5.52 Å². The monoisotopic (exact) mass is 221 g/mol. The number of hydrogen-bond donors (Lipinski definition) is 0. The lowest BCUT2D eigenvalue weighted by molar-refractivity contribution is 0.400. The van der Waals surface area contributed by atoms with Gasteiger partial charge >= 0.3 is 0 Å². The minimum Gasteiger partial charge on any atom is -0.299 e. The van der Waals surface area contributed by atoms with Crippen molar-refractivity contribution in [1.82, 2.24) is 14.4 Å². The summed E-state index contributed by atoms with van der Waals surface area (Å²) in [4.78, 5) is 8.70. The lowest BCUT2D eigenvalue weighted by Gasteiger charge is -2.23. The zero-order valence-corrected chi connectivity index (χ0v) is 9.33. The van der Waals surface area contributed by atoms with Crippen LogP contribution in [0.15, 0.2) is 12.4 Å². The Kier molecular flexibility index (Phi) is 1.96. The van der Waals surface area contributed by atoms with Gasteiger partial charge in [-0.2, -0.15) is 0 Å². The minimum absolute atomic E-state index is 0.549. The third-order valence-electron chi connectivity index (χ3n) is 3.18. The van der Waals surface area contributed by atoms with Crippen LogP contribution in [0.5, 0.6) is 0 Å². The van der Waals surface area contributed by atoms with Gasteiger partial charge in [0.05, 0.1) is 5.69 Å². The lowest BCUT2D eigenvalue weighted by atomic mass is 9.85. The average molecular weight is 222 g/mol. The molecule has 0 radical (unpaired) electrons. The summed E-state index contributed by atoms with van der Waals surface area (Å²) in [6.07, 6.45) is 7.50. The summed E-state index contributed by atoms with van der Waals surface area (Å²) in [5.74, 6) is 1.77. The molecule has 2 heterocycles. The van der Waals surface area contributed by atoms with Gasteiger partial charge in [-0.1, -0.05) is 18.0 Å². The van der Waals surface area contributed by atoms with Crippen LogP contribution in [-0.2, 0) is 0 Å². The normalized spacial score (nSPS) is 16.9. The molecule has 0 saturated heterocycles. The molecule has 2 aromatic rings. The summed E-state index contributed by atoms with van der Waals surface area (Å²) in [5.41, 5.74) is 1.94. The maximum atomic E-state index is 6.07. The number of halogens is 1. The highest BCUT2D eigenvalue weighted by atomic mass is 35.5. The summed E-state index contributed by atoms with van der Waals surface area (Å²) in [6.45, 7) is 1.99. The molecule has 4 heteroatoms. The van der Waals surface area contributed by atoms with Gasteiger partial charge in [0, 0.05) is 18.3 Å². The van der Waals surface area contributed by atoms with Crippen LogP contribution in [0.3, 0.4) is 0 Å². The second-order valence-corrected chi connectivity index (χ2v) is 4.48. The van der Waals surface area contributed by atoms with E-state index in [9.17, 15) is 0 Å². The highest BCUT2D eigenvalue weighted by molar-refractivity contribution is 6.32. The van der Waals surface area contributed by atoms with Crippen molar-refractivity contribution in [2.75, 3.05) is 0 Å². The van der Waals surface area contributed by atoms with Crippen LogP contribution >= 0.6 is 11.6 Å². The van der Waals surface area contributed by atoms with E-state index in [1.54, 1.807) is 6.20 Å². The Labute approximate surface area is 93.1 Å². The van der Waals surface area contributed by atoms with Gasteiger partial charge in [0.25, 0.3) is 0 Å². The first-order chi connectivity index (χ1) is 7.27. The van der Waals surface area contributed by atoms with Crippen molar-refractivity contribution < 1.29 is 0 Å². The van der Waals surface area contributed by atoms with Crippen molar-refractivity contribution in [2.24, 2.45) is 0 Å². The molecule has 1 aliphatic carbocycles.